The monoisotopic (exact) mass is 197 g/mol. The second kappa shape index (κ2) is 3.96. The molecule has 1 atom stereocenters. The van der Waals surface area contributed by atoms with Crippen LogP contribution in [0.25, 0.3) is 0 Å². The number of nitrogens with one attached hydrogen (secondary N) is 3. The first-order valence-corrected chi connectivity index (χ1v) is 5.03. The van der Waals surface area contributed by atoms with Gasteiger partial charge < -0.3 is 16.0 Å². The van der Waals surface area contributed by atoms with Crippen molar-refractivity contribution >= 4 is 11.8 Å². The normalized spacial score (nSPS) is 26.9. The number of carbonyl (C=O) groups is 2. The Kier molecular flexibility index (Phi) is 2.67. The highest BCUT2D eigenvalue weighted by Gasteiger charge is 2.27. The first kappa shape index (κ1) is 9.45. The van der Waals surface area contributed by atoms with E-state index in [4.69, 9.17) is 0 Å². The minimum absolute atomic E-state index is 0.0181. The fourth-order valence-corrected chi connectivity index (χ4v) is 1.67. The van der Waals surface area contributed by atoms with E-state index in [1.807, 2.05) is 0 Å². The maximum atomic E-state index is 11.5. The zero-order valence-corrected chi connectivity index (χ0v) is 8.01. The summed E-state index contributed by atoms with van der Waals surface area (Å²) in [5.41, 5.74) is 0. The van der Waals surface area contributed by atoms with E-state index in [1.165, 1.54) is 0 Å². The lowest BCUT2D eigenvalue weighted by Crippen LogP contribution is -2.50. The Morgan fingerprint density at radius 3 is 2.79 bits per heavy atom. The van der Waals surface area contributed by atoms with Crippen LogP contribution in [0.4, 0.5) is 0 Å². The lowest BCUT2D eigenvalue weighted by atomic mass is 10.0. The highest BCUT2D eigenvalue weighted by atomic mass is 16.2. The van der Waals surface area contributed by atoms with Gasteiger partial charge in [0.1, 0.15) is 6.04 Å². The van der Waals surface area contributed by atoms with Crippen LogP contribution in [0.3, 0.4) is 0 Å². The van der Waals surface area contributed by atoms with Crippen molar-refractivity contribution in [3.8, 4) is 0 Å². The van der Waals surface area contributed by atoms with E-state index in [2.05, 4.69) is 16.0 Å². The van der Waals surface area contributed by atoms with E-state index in [0.717, 1.165) is 19.6 Å². The molecule has 5 nitrogen and oxygen atoms in total. The molecule has 0 spiro atoms. The average molecular weight is 197 g/mol. The number of hydrogen-bond donors (Lipinski definition) is 3. The molecule has 0 aliphatic carbocycles. The molecular weight excluding hydrogens is 182 g/mol. The van der Waals surface area contributed by atoms with Gasteiger partial charge in [-0.25, -0.2) is 0 Å². The molecule has 78 valence electrons. The van der Waals surface area contributed by atoms with E-state index in [0.29, 0.717) is 18.8 Å². The summed E-state index contributed by atoms with van der Waals surface area (Å²) < 4.78 is 0. The van der Waals surface area contributed by atoms with Gasteiger partial charge in [0.15, 0.2) is 0 Å². The summed E-state index contributed by atoms with van der Waals surface area (Å²) in [5.74, 6) is 0.509. The third kappa shape index (κ3) is 2.04. The molecule has 0 aromatic carbocycles. The van der Waals surface area contributed by atoms with Crippen LogP contribution in [0.5, 0.6) is 0 Å². The molecule has 2 rings (SSSR count). The molecule has 0 unspecified atom stereocenters. The first-order valence-electron chi connectivity index (χ1n) is 5.03. The van der Waals surface area contributed by atoms with Crippen LogP contribution in [-0.4, -0.2) is 37.5 Å². The number of amides is 2. The summed E-state index contributed by atoms with van der Waals surface area (Å²) in [7, 11) is 0. The van der Waals surface area contributed by atoms with Crippen LogP contribution in [-0.2, 0) is 9.59 Å². The maximum Gasteiger partial charge on any atom is 0.242 e. The molecule has 0 aromatic rings. The Morgan fingerprint density at radius 1 is 1.50 bits per heavy atom. The summed E-state index contributed by atoms with van der Waals surface area (Å²) >= 11 is 0. The zero-order chi connectivity index (χ0) is 9.97. The third-order valence-corrected chi connectivity index (χ3v) is 2.74. The highest BCUT2D eigenvalue weighted by molar-refractivity contribution is 5.90. The predicted molar refractivity (Wildman–Crippen MR) is 50.5 cm³/mol. The summed E-state index contributed by atoms with van der Waals surface area (Å²) in [6.45, 7) is 2.69. The van der Waals surface area contributed by atoms with Crippen LogP contribution in [0.1, 0.15) is 12.8 Å². The van der Waals surface area contributed by atoms with Crippen LogP contribution in [0.15, 0.2) is 0 Å². The largest absolute Gasteiger partial charge is 0.354 e. The average Bonchev–Trinajstić information content (AvgIpc) is 2.49. The fraction of sp³-hybridized carbons (Fsp3) is 0.778. The molecule has 2 fully saturated rings. The molecule has 5 heteroatoms. The second-order valence-corrected chi connectivity index (χ2v) is 3.93. The Bertz CT molecular complexity index is 250. The van der Waals surface area contributed by atoms with Crippen molar-refractivity contribution in [2.24, 2.45) is 5.92 Å². The molecule has 2 heterocycles. The van der Waals surface area contributed by atoms with Crippen molar-refractivity contribution in [3.63, 3.8) is 0 Å². The van der Waals surface area contributed by atoms with Crippen molar-refractivity contribution in [3.05, 3.63) is 0 Å². The Hall–Kier alpha value is -1.10. The minimum atomic E-state index is -0.296. The van der Waals surface area contributed by atoms with E-state index in [9.17, 15) is 9.59 Å². The fourth-order valence-electron chi connectivity index (χ4n) is 1.67. The molecule has 14 heavy (non-hydrogen) atoms. The number of carbonyl (C=O) groups excluding carboxylic acids is 2. The SMILES string of the molecule is O=C1CC[C@@H](C(=O)NCC2CNC2)N1. The molecule has 2 aliphatic rings. The third-order valence-electron chi connectivity index (χ3n) is 2.74. The summed E-state index contributed by atoms with van der Waals surface area (Å²) in [4.78, 5) is 22.4. The number of rotatable bonds is 3. The highest BCUT2D eigenvalue weighted by Crippen LogP contribution is 2.07. The van der Waals surface area contributed by atoms with Gasteiger partial charge in [0.05, 0.1) is 0 Å². The molecule has 0 radical (unpaired) electrons. The second-order valence-electron chi connectivity index (χ2n) is 3.93. The predicted octanol–water partition coefficient (Wildman–Crippen LogP) is -1.40. The molecule has 3 N–H and O–H groups in total. The van der Waals surface area contributed by atoms with Gasteiger partial charge in [-0.1, -0.05) is 0 Å². The quantitative estimate of drug-likeness (QED) is 0.521. The van der Waals surface area contributed by atoms with Crippen molar-refractivity contribution in [2.75, 3.05) is 19.6 Å². The smallest absolute Gasteiger partial charge is 0.242 e. The Balaban J connectivity index is 1.69. The number of hydrogen-bond acceptors (Lipinski definition) is 3. The Morgan fingerprint density at radius 2 is 2.29 bits per heavy atom. The minimum Gasteiger partial charge on any atom is -0.354 e. The van der Waals surface area contributed by atoms with Crippen molar-refractivity contribution < 1.29 is 9.59 Å². The van der Waals surface area contributed by atoms with Gasteiger partial charge in [-0.3, -0.25) is 9.59 Å². The molecular formula is C9H15N3O2. The Labute approximate surface area is 82.6 Å². The van der Waals surface area contributed by atoms with Gasteiger partial charge in [0.2, 0.25) is 11.8 Å². The van der Waals surface area contributed by atoms with Gasteiger partial charge >= 0.3 is 0 Å². The van der Waals surface area contributed by atoms with Crippen molar-refractivity contribution in [1.82, 2.24) is 16.0 Å². The van der Waals surface area contributed by atoms with Crippen molar-refractivity contribution in [1.29, 1.82) is 0 Å². The van der Waals surface area contributed by atoms with E-state index >= 15 is 0 Å². The van der Waals surface area contributed by atoms with Crippen LogP contribution < -0.4 is 16.0 Å². The maximum absolute atomic E-state index is 11.5. The van der Waals surface area contributed by atoms with Gasteiger partial charge in [-0.2, -0.15) is 0 Å². The molecule has 2 saturated heterocycles. The molecule has 2 amide bonds. The summed E-state index contributed by atoms with van der Waals surface area (Å²) in [6, 6.07) is -0.296. The van der Waals surface area contributed by atoms with Crippen molar-refractivity contribution in [2.45, 2.75) is 18.9 Å². The lowest BCUT2D eigenvalue weighted by Gasteiger charge is -2.27. The lowest BCUT2D eigenvalue weighted by molar-refractivity contribution is -0.125. The summed E-state index contributed by atoms with van der Waals surface area (Å²) in [5, 5.41) is 8.64. The molecule has 0 bridgehead atoms. The van der Waals surface area contributed by atoms with Crippen LogP contribution in [0, 0.1) is 5.92 Å². The van der Waals surface area contributed by atoms with E-state index in [-0.39, 0.29) is 17.9 Å². The first-order chi connectivity index (χ1) is 6.75. The van der Waals surface area contributed by atoms with Gasteiger partial charge in [0.25, 0.3) is 0 Å². The molecule has 2 aliphatic heterocycles. The molecule has 0 saturated carbocycles. The van der Waals surface area contributed by atoms with E-state index < -0.39 is 0 Å². The standard InChI is InChI=1S/C9H15N3O2/c13-8-2-1-7(12-8)9(14)11-5-6-3-10-4-6/h6-7,10H,1-5H2,(H,11,14)(H,12,13)/t7-/m0/s1. The zero-order valence-electron chi connectivity index (χ0n) is 8.01. The van der Waals surface area contributed by atoms with Crippen LogP contribution in [0.2, 0.25) is 0 Å². The topological polar surface area (TPSA) is 70.2 Å². The van der Waals surface area contributed by atoms with E-state index in [1.54, 1.807) is 0 Å². The summed E-state index contributed by atoms with van der Waals surface area (Å²) in [6.07, 6.45) is 1.11. The van der Waals surface area contributed by atoms with Gasteiger partial charge in [-0.15, -0.1) is 0 Å². The van der Waals surface area contributed by atoms with Crippen LogP contribution >= 0.6 is 0 Å². The van der Waals surface area contributed by atoms with Gasteiger partial charge in [-0.05, 0) is 6.42 Å². The van der Waals surface area contributed by atoms with Gasteiger partial charge in [0, 0.05) is 32.0 Å². The molecule has 0 aromatic heterocycles.